The zero-order valence-electron chi connectivity index (χ0n) is 37.7. The summed E-state index contributed by atoms with van der Waals surface area (Å²) < 4.78 is 0. The fraction of sp³-hybridized carbons (Fsp3) is 0.103. The minimum Gasteiger partial charge on any atom is -0.354 e. The van der Waals surface area contributed by atoms with E-state index in [1.807, 2.05) is 55.5 Å². The summed E-state index contributed by atoms with van der Waals surface area (Å²) in [6, 6.07) is 48.2. The molecule has 5 heterocycles. The van der Waals surface area contributed by atoms with E-state index in [2.05, 4.69) is 163 Å². The van der Waals surface area contributed by atoms with E-state index in [4.69, 9.17) is 15.7 Å². The van der Waals surface area contributed by atoms with Gasteiger partial charge in [0.2, 0.25) is 11.8 Å². The number of benzene rings is 5. The Balaban J connectivity index is 1.14. The molecule has 1 atom stereocenters. The lowest BCUT2D eigenvalue weighted by Gasteiger charge is -2.13. The monoisotopic (exact) mass is 875 g/mol. The molecule has 0 saturated heterocycles. The van der Waals surface area contributed by atoms with Crippen LogP contribution in [0.1, 0.15) is 51.5 Å². The Morgan fingerprint density at radius 1 is 0.433 bits per heavy atom. The largest absolute Gasteiger partial charge is 0.354 e. The first kappa shape index (κ1) is 42.5. The van der Waals surface area contributed by atoms with Crippen molar-refractivity contribution >= 4 is 69.6 Å². The number of aryl methyl sites for hydroxylation is 4. The van der Waals surface area contributed by atoms with Crippen LogP contribution in [0, 0.1) is 27.7 Å². The number of hydrogen-bond donors (Lipinski definition) is 5. The van der Waals surface area contributed by atoms with E-state index < -0.39 is 11.9 Å². The highest BCUT2D eigenvalue weighted by atomic mass is 16.2. The molecule has 2 aliphatic heterocycles. The number of carbonyl (C=O) groups is 2. The number of aromatic nitrogens is 4. The van der Waals surface area contributed by atoms with Crippen LogP contribution in [0.15, 0.2) is 146 Å². The number of nitrogens with zero attached hydrogens (tertiary/aromatic N) is 2. The molecule has 9 nitrogen and oxygen atoms in total. The van der Waals surface area contributed by atoms with Gasteiger partial charge in [-0.05, 0) is 123 Å². The van der Waals surface area contributed by atoms with Crippen molar-refractivity contribution in [3.63, 3.8) is 0 Å². The lowest BCUT2D eigenvalue weighted by atomic mass is 10.0. The van der Waals surface area contributed by atoms with E-state index in [0.29, 0.717) is 11.4 Å². The highest BCUT2D eigenvalue weighted by Gasteiger charge is 2.21. The summed E-state index contributed by atoms with van der Waals surface area (Å²) in [4.78, 5) is 44.5. The Morgan fingerprint density at radius 3 is 1.18 bits per heavy atom. The molecule has 0 fully saturated rings. The van der Waals surface area contributed by atoms with Gasteiger partial charge in [0.05, 0.1) is 35.2 Å². The zero-order chi connectivity index (χ0) is 46.2. The van der Waals surface area contributed by atoms with Crippen molar-refractivity contribution in [3.05, 3.63) is 191 Å². The molecule has 0 saturated carbocycles. The predicted molar refractivity (Wildman–Crippen MR) is 276 cm³/mol. The van der Waals surface area contributed by atoms with Crippen LogP contribution in [0.4, 0.5) is 11.4 Å². The molecule has 10 rings (SSSR count). The lowest BCUT2D eigenvalue weighted by molar-refractivity contribution is -0.122. The third-order valence-corrected chi connectivity index (χ3v) is 12.3. The van der Waals surface area contributed by atoms with Crippen molar-refractivity contribution in [1.82, 2.24) is 19.9 Å². The van der Waals surface area contributed by atoms with Crippen LogP contribution in [0.2, 0.25) is 0 Å². The molecule has 0 aliphatic carbocycles. The van der Waals surface area contributed by atoms with Crippen LogP contribution >= 0.6 is 0 Å². The fourth-order valence-electron chi connectivity index (χ4n) is 8.68. The van der Waals surface area contributed by atoms with Crippen molar-refractivity contribution in [2.45, 2.75) is 40.2 Å². The standard InChI is InChI=1S/C58H49N7O2/c1-34-5-13-38(14-6-34)54-45-25-27-47(62-45)55(39-15-7-35(2)8-16-39)49-29-31-51(64-49)57(52-32-30-50(65-52)56(48-28-26-46(54)63-48)40-17-9-36(3)10-18-40)41-19-23-42(24-20-41)60-53(66)33-44(59)58(67)61-43-21-11-37(4)12-22-43/h5-32,44,64-65H,33,59H2,1-4H3,(H,60,66)(H,61,67)/t44-/m0/s1. The molecule has 328 valence electrons. The Morgan fingerprint density at radius 2 is 0.746 bits per heavy atom. The molecule has 8 aromatic rings. The van der Waals surface area contributed by atoms with Gasteiger partial charge in [0.25, 0.3) is 0 Å². The lowest BCUT2D eigenvalue weighted by Crippen LogP contribution is -2.38. The number of H-pyrrole nitrogens is 2. The van der Waals surface area contributed by atoms with Crippen LogP contribution in [0.5, 0.6) is 0 Å². The first-order valence-electron chi connectivity index (χ1n) is 22.4. The zero-order valence-corrected chi connectivity index (χ0v) is 37.7. The summed E-state index contributed by atoms with van der Waals surface area (Å²) in [7, 11) is 0. The molecule has 6 N–H and O–H groups in total. The van der Waals surface area contributed by atoms with Gasteiger partial charge in [-0.3, -0.25) is 9.59 Å². The quantitative estimate of drug-likeness (QED) is 0.0982. The summed E-state index contributed by atoms with van der Waals surface area (Å²) in [5.41, 5.74) is 26.7. The molecule has 5 aromatic carbocycles. The van der Waals surface area contributed by atoms with Gasteiger partial charge >= 0.3 is 0 Å². The van der Waals surface area contributed by atoms with Gasteiger partial charge in [-0.2, -0.15) is 0 Å². The normalized spacial score (nSPS) is 12.3. The van der Waals surface area contributed by atoms with E-state index >= 15 is 0 Å². The van der Waals surface area contributed by atoms with Crippen molar-refractivity contribution in [2.24, 2.45) is 5.73 Å². The van der Waals surface area contributed by atoms with Crippen molar-refractivity contribution < 1.29 is 9.59 Å². The maximum Gasteiger partial charge on any atom is 0.241 e. The van der Waals surface area contributed by atoms with Crippen LogP contribution < -0.4 is 16.4 Å². The van der Waals surface area contributed by atoms with Gasteiger partial charge < -0.3 is 26.3 Å². The minimum absolute atomic E-state index is 0.183. The average Bonchev–Trinajstić information content (AvgIpc) is 4.18. The number of anilines is 2. The highest BCUT2D eigenvalue weighted by molar-refractivity contribution is 6.02. The summed E-state index contributed by atoms with van der Waals surface area (Å²) >= 11 is 0. The molecular formula is C58H49N7O2. The predicted octanol–water partition coefficient (Wildman–Crippen LogP) is 12.9. The van der Waals surface area contributed by atoms with Crippen LogP contribution in [0.25, 0.3) is 90.9 Å². The number of carbonyl (C=O) groups excluding carboxylic acids is 2. The molecule has 2 aliphatic rings. The SMILES string of the molecule is Cc1ccc(NC(=O)[C@@H](N)CC(=O)Nc2ccc(-c3c4ccc([nH]4)c(-c4ccc(C)cc4)c4nc(c(-c5ccc(C)cc5)c5nc(c(-c6ccc(C)cc6)c6ccc3[nH]6)C=C5)C=C4)cc2)cc1. The second-order valence-electron chi connectivity index (χ2n) is 17.4. The average molecular weight is 876 g/mol. The number of hydrogen-bond acceptors (Lipinski definition) is 5. The van der Waals surface area contributed by atoms with E-state index in [1.165, 1.54) is 16.7 Å². The van der Waals surface area contributed by atoms with Gasteiger partial charge in [0.15, 0.2) is 0 Å². The van der Waals surface area contributed by atoms with Gasteiger partial charge in [-0.25, -0.2) is 9.97 Å². The number of aromatic amines is 2. The minimum atomic E-state index is -1.03. The highest BCUT2D eigenvalue weighted by Crippen LogP contribution is 2.39. The van der Waals surface area contributed by atoms with Gasteiger partial charge in [0, 0.05) is 55.7 Å². The summed E-state index contributed by atoms with van der Waals surface area (Å²) in [6.45, 7) is 8.25. The number of nitrogens with two attached hydrogens (primary N) is 1. The number of fused-ring (bicyclic) bond motifs is 8. The molecule has 67 heavy (non-hydrogen) atoms. The molecule has 8 bridgehead atoms. The second kappa shape index (κ2) is 17.9. The topological polar surface area (TPSA) is 142 Å². The molecular weight excluding hydrogens is 827 g/mol. The van der Waals surface area contributed by atoms with Crippen molar-refractivity contribution in [1.29, 1.82) is 0 Å². The maximum absolute atomic E-state index is 13.2. The molecule has 0 spiro atoms. The van der Waals surface area contributed by atoms with Crippen LogP contribution in [-0.2, 0) is 9.59 Å². The fourth-order valence-corrected chi connectivity index (χ4v) is 8.68. The number of rotatable bonds is 9. The van der Waals surface area contributed by atoms with Crippen molar-refractivity contribution in [3.8, 4) is 44.5 Å². The summed E-state index contributed by atoms with van der Waals surface area (Å²) in [6.07, 6.45) is 8.22. The Kier molecular flexibility index (Phi) is 11.4. The molecule has 0 unspecified atom stereocenters. The van der Waals surface area contributed by atoms with E-state index in [0.717, 1.165) is 94.9 Å². The number of nitrogens with one attached hydrogen (secondary N) is 4. The second-order valence-corrected chi connectivity index (χ2v) is 17.4. The Labute approximate surface area is 389 Å². The number of amides is 2. The van der Waals surface area contributed by atoms with Gasteiger partial charge in [-0.1, -0.05) is 119 Å². The third kappa shape index (κ3) is 8.88. The van der Waals surface area contributed by atoms with Crippen LogP contribution in [0.3, 0.4) is 0 Å². The third-order valence-electron chi connectivity index (χ3n) is 12.3. The maximum atomic E-state index is 13.2. The molecule has 2 amide bonds. The van der Waals surface area contributed by atoms with Crippen molar-refractivity contribution in [2.75, 3.05) is 10.6 Å². The van der Waals surface area contributed by atoms with Crippen LogP contribution in [-0.4, -0.2) is 37.8 Å². The van der Waals surface area contributed by atoms with Gasteiger partial charge in [-0.15, -0.1) is 0 Å². The van der Waals surface area contributed by atoms with Gasteiger partial charge in [0.1, 0.15) is 0 Å². The first-order chi connectivity index (χ1) is 32.5. The summed E-state index contributed by atoms with van der Waals surface area (Å²) in [5.74, 6) is -0.795. The Hall–Kier alpha value is -8.40. The molecule has 0 radical (unpaired) electrons. The van der Waals surface area contributed by atoms with E-state index in [-0.39, 0.29) is 12.3 Å². The molecule has 9 heteroatoms. The first-order valence-corrected chi connectivity index (χ1v) is 22.4. The summed E-state index contributed by atoms with van der Waals surface area (Å²) in [5, 5.41) is 5.73. The van der Waals surface area contributed by atoms with E-state index in [9.17, 15) is 9.59 Å². The van der Waals surface area contributed by atoms with E-state index in [1.54, 1.807) is 0 Å². The molecule has 3 aromatic heterocycles. The smallest absolute Gasteiger partial charge is 0.241 e. The Bertz CT molecular complexity index is 3290.